The molecule has 0 unspecified atom stereocenters. The van der Waals surface area contributed by atoms with Crippen LogP contribution in [0.25, 0.3) is 0 Å². The molecular weight excluding hydrogens is 143 g/mol. The molecule has 1 aliphatic rings. The van der Waals surface area contributed by atoms with E-state index in [1.54, 1.807) is 0 Å². The molecule has 0 aromatic heterocycles. The number of rotatable bonds is 2. The molecule has 1 saturated carbocycles. The van der Waals surface area contributed by atoms with Crippen molar-refractivity contribution in [1.82, 2.24) is 0 Å². The number of hydrogen-bond donors (Lipinski definition) is 2. The van der Waals surface area contributed by atoms with Gasteiger partial charge in [0.15, 0.2) is 0 Å². The molecule has 0 aliphatic heterocycles. The topological polar surface area (TPSA) is 52.0 Å². The van der Waals surface area contributed by atoms with Gasteiger partial charge in [0, 0.05) is 6.54 Å². The predicted octanol–water partition coefficient (Wildman–Crippen LogP) is 0.802. The molecular formula is C8H17FN2. The lowest BCUT2D eigenvalue weighted by atomic mass is 9.80. The van der Waals surface area contributed by atoms with Crippen molar-refractivity contribution < 1.29 is 4.39 Å². The van der Waals surface area contributed by atoms with Crippen LogP contribution in [0.15, 0.2) is 0 Å². The van der Waals surface area contributed by atoms with Gasteiger partial charge in [0.25, 0.3) is 0 Å². The highest BCUT2D eigenvalue weighted by Gasteiger charge is 2.33. The number of nitrogens with two attached hydrogens (primary N) is 2. The zero-order chi connectivity index (χ0) is 8.32. The summed E-state index contributed by atoms with van der Waals surface area (Å²) in [6, 6.07) is 0. The smallest absolute Gasteiger partial charge is 0.123 e. The molecule has 0 amide bonds. The van der Waals surface area contributed by atoms with E-state index < -0.39 is 5.67 Å². The van der Waals surface area contributed by atoms with Crippen LogP contribution in [0.5, 0.6) is 0 Å². The highest BCUT2D eigenvalue weighted by Crippen LogP contribution is 2.33. The zero-order valence-electron chi connectivity index (χ0n) is 6.85. The summed E-state index contributed by atoms with van der Waals surface area (Å²) in [6.45, 7) is 0.866. The lowest BCUT2D eigenvalue weighted by Gasteiger charge is -2.32. The second kappa shape index (κ2) is 3.50. The minimum Gasteiger partial charge on any atom is -0.330 e. The van der Waals surface area contributed by atoms with Crippen LogP contribution < -0.4 is 11.5 Å². The Morgan fingerprint density at radius 1 is 1.27 bits per heavy atom. The minimum absolute atomic E-state index is 0.171. The lowest BCUT2D eigenvalue weighted by Crippen LogP contribution is -2.38. The standard InChI is InChI=1S/C8H17FN2/c9-8(6-11)3-1-7(5-10)2-4-8/h7H,1-6,10-11H2. The van der Waals surface area contributed by atoms with Crippen LogP contribution in [-0.4, -0.2) is 18.8 Å². The Hall–Kier alpha value is -0.150. The van der Waals surface area contributed by atoms with Crippen molar-refractivity contribution in [3.63, 3.8) is 0 Å². The highest BCUT2D eigenvalue weighted by molar-refractivity contribution is 4.86. The second-order valence-corrected chi connectivity index (χ2v) is 3.53. The highest BCUT2D eigenvalue weighted by atomic mass is 19.1. The summed E-state index contributed by atoms with van der Waals surface area (Å²) in [7, 11) is 0. The number of alkyl halides is 1. The lowest BCUT2D eigenvalue weighted by molar-refractivity contribution is 0.0942. The third-order valence-electron chi connectivity index (χ3n) is 2.70. The summed E-state index contributed by atoms with van der Waals surface area (Å²) in [5.74, 6) is 0.533. The van der Waals surface area contributed by atoms with Crippen LogP contribution in [0, 0.1) is 5.92 Å². The molecule has 0 aromatic carbocycles. The first-order valence-electron chi connectivity index (χ1n) is 4.29. The minimum atomic E-state index is -1.08. The predicted molar refractivity (Wildman–Crippen MR) is 43.9 cm³/mol. The molecule has 1 aliphatic carbocycles. The summed E-state index contributed by atoms with van der Waals surface area (Å²) in [6.07, 6.45) is 3.02. The van der Waals surface area contributed by atoms with Crippen LogP contribution in [0.2, 0.25) is 0 Å². The Morgan fingerprint density at radius 2 is 1.82 bits per heavy atom. The van der Waals surface area contributed by atoms with Crippen LogP contribution in [0.3, 0.4) is 0 Å². The SMILES string of the molecule is NCC1CCC(F)(CN)CC1. The van der Waals surface area contributed by atoms with Crippen molar-refractivity contribution in [1.29, 1.82) is 0 Å². The largest absolute Gasteiger partial charge is 0.330 e. The molecule has 0 atom stereocenters. The third kappa shape index (κ3) is 2.14. The Morgan fingerprint density at radius 3 is 2.18 bits per heavy atom. The maximum atomic E-state index is 13.4. The first kappa shape index (κ1) is 8.94. The van der Waals surface area contributed by atoms with E-state index in [-0.39, 0.29) is 6.54 Å². The Kier molecular flexibility index (Phi) is 2.84. The van der Waals surface area contributed by atoms with Gasteiger partial charge in [0.2, 0.25) is 0 Å². The van der Waals surface area contributed by atoms with E-state index >= 15 is 0 Å². The van der Waals surface area contributed by atoms with Gasteiger partial charge in [-0.05, 0) is 38.1 Å². The average Bonchev–Trinajstić information content (AvgIpc) is 2.06. The maximum absolute atomic E-state index is 13.4. The van der Waals surface area contributed by atoms with Crippen LogP contribution in [-0.2, 0) is 0 Å². The maximum Gasteiger partial charge on any atom is 0.123 e. The monoisotopic (exact) mass is 160 g/mol. The fourth-order valence-electron chi connectivity index (χ4n) is 1.63. The molecule has 1 rings (SSSR count). The van der Waals surface area contributed by atoms with Crippen LogP contribution in [0.4, 0.5) is 4.39 Å². The fourth-order valence-corrected chi connectivity index (χ4v) is 1.63. The molecule has 0 radical (unpaired) electrons. The van der Waals surface area contributed by atoms with Crippen LogP contribution >= 0.6 is 0 Å². The first-order valence-corrected chi connectivity index (χ1v) is 4.29. The molecule has 2 nitrogen and oxygen atoms in total. The Balaban J connectivity index is 2.35. The normalized spacial score (nSPS) is 39.0. The van der Waals surface area contributed by atoms with E-state index in [0.717, 1.165) is 12.8 Å². The third-order valence-corrected chi connectivity index (χ3v) is 2.70. The van der Waals surface area contributed by atoms with Crippen molar-refractivity contribution in [2.24, 2.45) is 17.4 Å². The Bertz CT molecular complexity index is 119. The molecule has 3 heteroatoms. The van der Waals surface area contributed by atoms with Gasteiger partial charge in [-0.15, -0.1) is 0 Å². The van der Waals surface area contributed by atoms with Gasteiger partial charge in [0.1, 0.15) is 5.67 Å². The van der Waals surface area contributed by atoms with Gasteiger partial charge in [-0.25, -0.2) is 4.39 Å². The van der Waals surface area contributed by atoms with Gasteiger partial charge in [0.05, 0.1) is 0 Å². The van der Waals surface area contributed by atoms with Crippen molar-refractivity contribution in [2.75, 3.05) is 13.1 Å². The number of hydrogen-bond acceptors (Lipinski definition) is 2. The fraction of sp³-hybridized carbons (Fsp3) is 1.00. The van der Waals surface area contributed by atoms with E-state index in [1.807, 2.05) is 0 Å². The molecule has 66 valence electrons. The van der Waals surface area contributed by atoms with Crippen molar-refractivity contribution in [2.45, 2.75) is 31.4 Å². The molecule has 4 N–H and O–H groups in total. The summed E-state index contributed by atoms with van der Waals surface area (Å²) in [5, 5.41) is 0. The van der Waals surface area contributed by atoms with E-state index in [2.05, 4.69) is 0 Å². The molecule has 0 aromatic rings. The Labute approximate surface area is 67.1 Å². The summed E-state index contributed by atoms with van der Waals surface area (Å²) in [4.78, 5) is 0. The van der Waals surface area contributed by atoms with Crippen molar-refractivity contribution in [3.8, 4) is 0 Å². The molecule has 0 spiro atoms. The average molecular weight is 160 g/mol. The van der Waals surface area contributed by atoms with Crippen molar-refractivity contribution in [3.05, 3.63) is 0 Å². The van der Waals surface area contributed by atoms with Gasteiger partial charge < -0.3 is 11.5 Å². The first-order chi connectivity index (χ1) is 5.20. The summed E-state index contributed by atoms with van der Waals surface area (Å²) >= 11 is 0. The van der Waals surface area contributed by atoms with Crippen LogP contribution in [0.1, 0.15) is 25.7 Å². The molecule has 0 bridgehead atoms. The van der Waals surface area contributed by atoms with E-state index in [9.17, 15) is 4.39 Å². The molecule has 0 heterocycles. The molecule has 0 saturated heterocycles. The van der Waals surface area contributed by atoms with Crippen molar-refractivity contribution >= 4 is 0 Å². The van der Waals surface area contributed by atoms with Gasteiger partial charge in [-0.1, -0.05) is 0 Å². The molecule has 1 fully saturated rings. The van der Waals surface area contributed by atoms with Gasteiger partial charge in [-0.3, -0.25) is 0 Å². The zero-order valence-corrected chi connectivity index (χ0v) is 6.85. The van der Waals surface area contributed by atoms with Gasteiger partial charge in [-0.2, -0.15) is 0 Å². The summed E-state index contributed by atoms with van der Waals surface area (Å²) < 4.78 is 13.4. The second-order valence-electron chi connectivity index (χ2n) is 3.53. The van der Waals surface area contributed by atoms with E-state index in [1.165, 1.54) is 0 Å². The van der Waals surface area contributed by atoms with E-state index in [0.29, 0.717) is 25.3 Å². The summed E-state index contributed by atoms with van der Waals surface area (Å²) in [5.41, 5.74) is 9.72. The molecule has 11 heavy (non-hydrogen) atoms. The van der Waals surface area contributed by atoms with Gasteiger partial charge >= 0.3 is 0 Å². The number of halogens is 1. The quantitative estimate of drug-likeness (QED) is 0.628. The van der Waals surface area contributed by atoms with E-state index in [4.69, 9.17) is 11.5 Å².